The lowest BCUT2D eigenvalue weighted by Crippen LogP contribution is -1.90. The average Bonchev–Trinajstić information content (AvgIpc) is 2.84. The molecule has 0 fully saturated rings. The quantitative estimate of drug-likeness (QED) is 0.769. The molecule has 0 amide bonds. The van der Waals surface area contributed by atoms with Gasteiger partial charge in [-0.2, -0.15) is 0 Å². The molecule has 2 N–H and O–H groups in total. The molecule has 2 aromatic carbocycles. The maximum absolute atomic E-state index is 13.4. The minimum atomic E-state index is -0.380. The van der Waals surface area contributed by atoms with Gasteiger partial charge < -0.3 is 10.3 Å². The molecule has 0 saturated carbocycles. The maximum atomic E-state index is 13.4. The molecule has 0 saturated heterocycles. The number of nitrogens with zero attached hydrogens (tertiary/aromatic N) is 1. The zero-order chi connectivity index (χ0) is 15.0. The Morgan fingerprint density at radius 2 is 1.86 bits per heavy atom. The van der Waals surface area contributed by atoms with Gasteiger partial charge in [-0.1, -0.05) is 17.3 Å². The molecule has 106 valence electrons. The first-order valence-electron chi connectivity index (χ1n) is 6.34. The van der Waals surface area contributed by atoms with E-state index in [4.69, 9.17) is 10.3 Å². The fourth-order valence-corrected chi connectivity index (χ4v) is 2.21. The molecule has 0 atom stereocenters. The molecule has 3 aromatic rings. The Kier molecular flexibility index (Phi) is 3.17. The van der Waals surface area contributed by atoms with Crippen molar-refractivity contribution in [3.63, 3.8) is 0 Å². The van der Waals surface area contributed by atoms with Gasteiger partial charge in [0, 0.05) is 5.56 Å². The number of aryl methyl sites for hydroxylation is 1. The Morgan fingerprint density at radius 1 is 1.05 bits per heavy atom. The molecule has 0 aliphatic rings. The SMILES string of the molecule is Cc1cc(-c2noc(N)c2-c2cccc(F)c2)ccc1F. The number of rotatable bonds is 2. The number of hydrogen-bond acceptors (Lipinski definition) is 3. The molecule has 1 heterocycles. The third-order valence-corrected chi connectivity index (χ3v) is 3.26. The highest BCUT2D eigenvalue weighted by atomic mass is 19.1. The zero-order valence-corrected chi connectivity index (χ0v) is 11.2. The highest BCUT2D eigenvalue weighted by molar-refractivity contribution is 5.86. The first-order valence-corrected chi connectivity index (χ1v) is 6.34. The van der Waals surface area contributed by atoms with E-state index in [2.05, 4.69) is 5.16 Å². The smallest absolute Gasteiger partial charge is 0.230 e. The number of nitrogen functional groups attached to an aromatic ring is 1. The van der Waals surface area contributed by atoms with Crippen molar-refractivity contribution in [2.75, 3.05) is 5.73 Å². The standard InChI is InChI=1S/C16H12F2N2O/c1-9-7-11(5-6-13(9)18)15-14(16(19)21-20-15)10-3-2-4-12(17)8-10/h2-8H,19H2,1H3. The van der Waals surface area contributed by atoms with Crippen LogP contribution >= 0.6 is 0 Å². The fourth-order valence-electron chi connectivity index (χ4n) is 2.21. The van der Waals surface area contributed by atoms with Gasteiger partial charge in [0.15, 0.2) is 0 Å². The van der Waals surface area contributed by atoms with Crippen molar-refractivity contribution in [2.24, 2.45) is 0 Å². The van der Waals surface area contributed by atoms with Crippen molar-refractivity contribution >= 4 is 5.88 Å². The van der Waals surface area contributed by atoms with Crippen molar-refractivity contribution in [1.29, 1.82) is 0 Å². The van der Waals surface area contributed by atoms with E-state index in [9.17, 15) is 8.78 Å². The summed E-state index contributed by atoms with van der Waals surface area (Å²) in [5.41, 5.74) is 8.47. The summed E-state index contributed by atoms with van der Waals surface area (Å²) in [7, 11) is 0. The first kappa shape index (κ1) is 13.3. The van der Waals surface area contributed by atoms with E-state index >= 15 is 0 Å². The fraction of sp³-hybridized carbons (Fsp3) is 0.0625. The van der Waals surface area contributed by atoms with E-state index < -0.39 is 0 Å². The van der Waals surface area contributed by atoms with E-state index in [1.165, 1.54) is 18.2 Å². The summed E-state index contributed by atoms with van der Waals surface area (Å²) < 4.78 is 31.8. The lowest BCUT2D eigenvalue weighted by Gasteiger charge is -2.04. The molecule has 0 bridgehead atoms. The second-order valence-electron chi connectivity index (χ2n) is 4.74. The van der Waals surface area contributed by atoms with Gasteiger partial charge in [-0.15, -0.1) is 0 Å². The first-order chi connectivity index (χ1) is 10.1. The third kappa shape index (κ3) is 2.38. The van der Waals surface area contributed by atoms with Crippen molar-refractivity contribution in [2.45, 2.75) is 6.92 Å². The van der Waals surface area contributed by atoms with Gasteiger partial charge in [0.05, 0.1) is 5.56 Å². The Bertz CT molecular complexity index is 812. The Morgan fingerprint density at radius 3 is 2.57 bits per heavy atom. The third-order valence-electron chi connectivity index (χ3n) is 3.26. The van der Waals surface area contributed by atoms with Gasteiger partial charge in [-0.3, -0.25) is 0 Å². The number of halogens is 2. The lowest BCUT2D eigenvalue weighted by atomic mass is 9.99. The Hall–Kier alpha value is -2.69. The van der Waals surface area contributed by atoms with Crippen LogP contribution in [0.15, 0.2) is 47.0 Å². The second kappa shape index (κ2) is 5.01. The molecule has 0 aliphatic heterocycles. The van der Waals surface area contributed by atoms with Crippen LogP contribution in [0.3, 0.4) is 0 Å². The molecule has 21 heavy (non-hydrogen) atoms. The normalized spacial score (nSPS) is 10.8. The lowest BCUT2D eigenvalue weighted by molar-refractivity contribution is 0.439. The van der Waals surface area contributed by atoms with Crippen LogP contribution in [-0.2, 0) is 0 Å². The van der Waals surface area contributed by atoms with Gasteiger partial charge in [0.1, 0.15) is 17.3 Å². The molecule has 0 aliphatic carbocycles. The highest BCUT2D eigenvalue weighted by Crippen LogP contribution is 2.36. The van der Waals surface area contributed by atoms with E-state index in [1.807, 2.05) is 0 Å². The van der Waals surface area contributed by atoms with E-state index in [1.54, 1.807) is 31.2 Å². The van der Waals surface area contributed by atoms with Crippen molar-refractivity contribution in [3.05, 3.63) is 59.7 Å². The maximum Gasteiger partial charge on any atom is 0.230 e. The van der Waals surface area contributed by atoms with Gasteiger partial charge >= 0.3 is 0 Å². The number of nitrogens with two attached hydrogens (primary N) is 1. The summed E-state index contributed by atoms with van der Waals surface area (Å²) in [5, 5.41) is 3.92. The molecule has 0 radical (unpaired) electrons. The monoisotopic (exact) mass is 286 g/mol. The van der Waals surface area contributed by atoms with Gasteiger partial charge in [-0.05, 0) is 48.4 Å². The van der Waals surface area contributed by atoms with Crippen LogP contribution < -0.4 is 5.73 Å². The van der Waals surface area contributed by atoms with Crippen LogP contribution in [0.4, 0.5) is 14.7 Å². The van der Waals surface area contributed by atoms with E-state index in [0.29, 0.717) is 27.9 Å². The van der Waals surface area contributed by atoms with Crippen LogP contribution in [0.2, 0.25) is 0 Å². The molecule has 0 unspecified atom stereocenters. The van der Waals surface area contributed by atoms with Crippen LogP contribution in [0.1, 0.15) is 5.56 Å². The van der Waals surface area contributed by atoms with E-state index in [0.717, 1.165) is 0 Å². The van der Waals surface area contributed by atoms with E-state index in [-0.39, 0.29) is 17.5 Å². The largest absolute Gasteiger partial charge is 0.367 e. The van der Waals surface area contributed by atoms with Crippen molar-refractivity contribution < 1.29 is 13.3 Å². The number of anilines is 1. The summed E-state index contributed by atoms with van der Waals surface area (Å²) in [5.74, 6) is -0.588. The number of hydrogen-bond donors (Lipinski definition) is 1. The van der Waals surface area contributed by atoms with Crippen LogP contribution in [-0.4, -0.2) is 5.16 Å². The number of benzene rings is 2. The van der Waals surface area contributed by atoms with Crippen LogP contribution in [0.25, 0.3) is 22.4 Å². The topological polar surface area (TPSA) is 52.0 Å². The molecular formula is C16H12F2N2O. The summed E-state index contributed by atoms with van der Waals surface area (Å²) in [6.45, 7) is 1.66. The average molecular weight is 286 g/mol. The van der Waals surface area contributed by atoms with Crippen LogP contribution in [0.5, 0.6) is 0 Å². The molecule has 0 spiro atoms. The molecule has 3 nitrogen and oxygen atoms in total. The minimum Gasteiger partial charge on any atom is -0.367 e. The minimum absolute atomic E-state index is 0.0950. The highest BCUT2D eigenvalue weighted by Gasteiger charge is 2.18. The summed E-state index contributed by atoms with van der Waals surface area (Å²) in [4.78, 5) is 0. The van der Waals surface area contributed by atoms with Crippen molar-refractivity contribution in [3.8, 4) is 22.4 Å². The molecule has 1 aromatic heterocycles. The number of aromatic nitrogens is 1. The predicted molar refractivity (Wildman–Crippen MR) is 76.4 cm³/mol. The zero-order valence-electron chi connectivity index (χ0n) is 11.2. The van der Waals surface area contributed by atoms with Gasteiger partial charge in [0.25, 0.3) is 0 Å². The van der Waals surface area contributed by atoms with Crippen molar-refractivity contribution in [1.82, 2.24) is 5.16 Å². The van der Waals surface area contributed by atoms with Crippen LogP contribution in [0, 0.1) is 18.6 Å². The molecular weight excluding hydrogens is 274 g/mol. The Labute approximate surface area is 120 Å². The summed E-state index contributed by atoms with van der Waals surface area (Å²) in [6.07, 6.45) is 0. The van der Waals surface area contributed by atoms with Gasteiger partial charge in [-0.25, -0.2) is 8.78 Å². The molecule has 5 heteroatoms. The van der Waals surface area contributed by atoms with Gasteiger partial charge in [0.2, 0.25) is 5.88 Å². The predicted octanol–water partition coefficient (Wildman–Crippen LogP) is 4.18. The molecule has 3 rings (SSSR count). The summed E-state index contributed by atoms with van der Waals surface area (Å²) >= 11 is 0. The second-order valence-corrected chi connectivity index (χ2v) is 4.74. The Balaban J connectivity index is 2.19. The summed E-state index contributed by atoms with van der Waals surface area (Å²) in [6, 6.07) is 10.6.